The monoisotopic (exact) mass is 374 g/mol. The summed E-state index contributed by atoms with van der Waals surface area (Å²) in [6.45, 7) is 3.56. The van der Waals surface area contributed by atoms with Crippen LogP contribution in [0.3, 0.4) is 0 Å². The smallest absolute Gasteiger partial charge is 0.258 e. The highest BCUT2D eigenvalue weighted by Gasteiger charge is 2.20. The summed E-state index contributed by atoms with van der Waals surface area (Å²) in [5, 5.41) is 4.48. The minimum Gasteiger partial charge on any atom is -0.376 e. The Bertz CT molecular complexity index is 1220. The average Bonchev–Trinajstić information content (AvgIpc) is 3.33. The van der Waals surface area contributed by atoms with Crippen molar-refractivity contribution in [3.8, 4) is 11.3 Å². The van der Waals surface area contributed by atoms with Crippen molar-refractivity contribution in [2.45, 2.75) is 25.9 Å². The molecular weight excluding hydrogens is 352 g/mol. The number of ether oxygens (including phenoxy) is 1. The highest BCUT2D eigenvalue weighted by atomic mass is 16.5. The van der Waals surface area contributed by atoms with Crippen molar-refractivity contribution < 1.29 is 4.74 Å². The zero-order valence-corrected chi connectivity index (χ0v) is 15.7. The van der Waals surface area contributed by atoms with E-state index in [1.165, 1.54) is 0 Å². The number of rotatable bonds is 4. The van der Waals surface area contributed by atoms with Gasteiger partial charge in [-0.15, -0.1) is 0 Å². The number of aryl methyl sites for hydroxylation is 1. The minimum atomic E-state index is -0.139. The SMILES string of the molecule is Cc1ccc2[nH]c(=O)c(-c3nc4ccccn4c3NCC3CCCO3)cc2c1. The first kappa shape index (κ1) is 17.0. The van der Waals surface area contributed by atoms with Crippen molar-refractivity contribution >= 4 is 22.4 Å². The molecule has 4 aromatic rings. The topological polar surface area (TPSA) is 71.4 Å². The van der Waals surface area contributed by atoms with Crippen LogP contribution in [0.15, 0.2) is 53.5 Å². The Balaban J connectivity index is 1.65. The van der Waals surface area contributed by atoms with Crippen LogP contribution >= 0.6 is 0 Å². The molecule has 5 rings (SSSR count). The Morgan fingerprint density at radius 3 is 3.07 bits per heavy atom. The molecule has 1 saturated heterocycles. The molecule has 0 bridgehead atoms. The minimum absolute atomic E-state index is 0.139. The number of anilines is 1. The maximum Gasteiger partial charge on any atom is 0.258 e. The molecule has 1 atom stereocenters. The van der Waals surface area contributed by atoms with Crippen LogP contribution in [0.2, 0.25) is 0 Å². The maximum absolute atomic E-state index is 12.9. The van der Waals surface area contributed by atoms with Gasteiger partial charge < -0.3 is 15.0 Å². The number of hydrogen-bond donors (Lipinski definition) is 2. The Hall–Kier alpha value is -3.12. The Morgan fingerprint density at radius 1 is 1.29 bits per heavy atom. The zero-order valence-electron chi connectivity index (χ0n) is 15.7. The van der Waals surface area contributed by atoms with Gasteiger partial charge in [0.25, 0.3) is 5.56 Å². The van der Waals surface area contributed by atoms with Crippen LogP contribution in [-0.4, -0.2) is 33.6 Å². The van der Waals surface area contributed by atoms with Crippen molar-refractivity contribution in [1.29, 1.82) is 0 Å². The number of aromatic amines is 1. The summed E-state index contributed by atoms with van der Waals surface area (Å²) in [6.07, 6.45) is 4.30. The third-order valence-electron chi connectivity index (χ3n) is 5.31. The van der Waals surface area contributed by atoms with E-state index in [4.69, 9.17) is 9.72 Å². The average molecular weight is 374 g/mol. The lowest BCUT2D eigenvalue weighted by Gasteiger charge is -2.13. The molecule has 1 aromatic carbocycles. The molecule has 0 spiro atoms. The highest BCUT2D eigenvalue weighted by molar-refractivity contribution is 5.86. The van der Waals surface area contributed by atoms with E-state index >= 15 is 0 Å². The summed E-state index contributed by atoms with van der Waals surface area (Å²) >= 11 is 0. The summed E-state index contributed by atoms with van der Waals surface area (Å²) in [5.41, 5.74) is 3.87. The molecule has 0 amide bonds. The van der Waals surface area contributed by atoms with Crippen molar-refractivity contribution in [2.24, 2.45) is 0 Å². The number of imidazole rings is 1. The molecule has 28 heavy (non-hydrogen) atoms. The second-order valence-electron chi connectivity index (χ2n) is 7.36. The van der Waals surface area contributed by atoms with E-state index in [9.17, 15) is 4.79 Å². The molecule has 142 valence electrons. The van der Waals surface area contributed by atoms with E-state index in [1.807, 2.05) is 53.9 Å². The Labute approximate surface area is 162 Å². The summed E-state index contributed by atoms with van der Waals surface area (Å²) in [4.78, 5) is 20.6. The largest absolute Gasteiger partial charge is 0.376 e. The molecule has 0 saturated carbocycles. The maximum atomic E-state index is 12.9. The van der Waals surface area contributed by atoms with E-state index in [1.54, 1.807) is 0 Å². The van der Waals surface area contributed by atoms with Crippen LogP contribution in [0.5, 0.6) is 0 Å². The fourth-order valence-electron chi connectivity index (χ4n) is 3.87. The fraction of sp³-hybridized carbons (Fsp3) is 0.273. The summed E-state index contributed by atoms with van der Waals surface area (Å²) in [6, 6.07) is 13.8. The van der Waals surface area contributed by atoms with Crippen LogP contribution in [0, 0.1) is 6.92 Å². The molecular formula is C22H22N4O2. The molecule has 6 heteroatoms. The normalized spacial score (nSPS) is 16.8. The fourth-order valence-corrected chi connectivity index (χ4v) is 3.87. The summed E-state index contributed by atoms with van der Waals surface area (Å²) < 4.78 is 7.73. The van der Waals surface area contributed by atoms with E-state index in [2.05, 4.69) is 16.4 Å². The standard InChI is InChI=1S/C22H22N4O2/c1-14-7-8-18-15(11-14)12-17(22(27)24-18)20-21(23-13-16-5-4-10-28-16)26-9-3-2-6-19(26)25-20/h2-3,6-9,11-12,16,23H,4-5,10,13H2,1H3,(H,24,27). The molecule has 1 aliphatic rings. The first-order chi connectivity index (χ1) is 13.7. The van der Waals surface area contributed by atoms with E-state index in [0.717, 1.165) is 47.4 Å². The number of nitrogens with one attached hydrogen (secondary N) is 2. The lowest BCUT2D eigenvalue weighted by atomic mass is 10.1. The third kappa shape index (κ3) is 2.96. The molecule has 1 unspecified atom stereocenters. The van der Waals surface area contributed by atoms with Crippen LogP contribution in [0.25, 0.3) is 27.8 Å². The highest BCUT2D eigenvalue weighted by Crippen LogP contribution is 2.29. The van der Waals surface area contributed by atoms with Gasteiger partial charge in [0.15, 0.2) is 0 Å². The van der Waals surface area contributed by atoms with Crippen molar-refractivity contribution in [2.75, 3.05) is 18.5 Å². The van der Waals surface area contributed by atoms with Gasteiger partial charge >= 0.3 is 0 Å². The number of fused-ring (bicyclic) bond motifs is 2. The second-order valence-corrected chi connectivity index (χ2v) is 7.36. The predicted octanol–water partition coefficient (Wildman–Crippen LogP) is 3.74. The first-order valence-electron chi connectivity index (χ1n) is 9.66. The Kier molecular flexibility index (Phi) is 4.13. The van der Waals surface area contributed by atoms with E-state index < -0.39 is 0 Å². The van der Waals surface area contributed by atoms with Gasteiger partial charge in [-0.1, -0.05) is 17.7 Å². The molecule has 3 aromatic heterocycles. The van der Waals surface area contributed by atoms with Gasteiger partial charge in [-0.25, -0.2) is 4.98 Å². The van der Waals surface area contributed by atoms with Gasteiger partial charge in [-0.3, -0.25) is 9.20 Å². The second kappa shape index (κ2) is 6.80. The van der Waals surface area contributed by atoms with Gasteiger partial charge in [0.1, 0.15) is 17.2 Å². The van der Waals surface area contributed by atoms with E-state index in [0.29, 0.717) is 17.8 Å². The number of benzene rings is 1. The lowest BCUT2D eigenvalue weighted by Crippen LogP contribution is -2.20. The van der Waals surface area contributed by atoms with Gasteiger partial charge in [-0.2, -0.15) is 0 Å². The summed E-state index contributed by atoms with van der Waals surface area (Å²) in [5.74, 6) is 0.823. The summed E-state index contributed by atoms with van der Waals surface area (Å²) in [7, 11) is 0. The van der Waals surface area contributed by atoms with Crippen LogP contribution in [-0.2, 0) is 4.74 Å². The first-order valence-corrected chi connectivity index (χ1v) is 9.66. The van der Waals surface area contributed by atoms with Crippen LogP contribution in [0.1, 0.15) is 18.4 Å². The van der Waals surface area contributed by atoms with Crippen molar-refractivity contribution in [3.63, 3.8) is 0 Å². The number of aromatic nitrogens is 3. The predicted molar refractivity (Wildman–Crippen MR) is 111 cm³/mol. The molecule has 1 fully saturated rings. The lowest BCUT2D eigenvalue weighted by molar-refractivity contribution is 0.120. The number of hydrogen-bond acceptors (Lipinski definition) is 4. The quantitative estimate of drug-likeness (QED) is 0.571. The van der Waals surface area contributed by atoms with Gasteiger partial charge in [-0.05, 0) is 55.5 Å². The van der Waals surface area contributed by atoms with Crippen molar-refractivity contribution in [1.82, 2.24) is 14.4 Å². The van der Waals surface area contributed by atoms with Crippen LogP contribution < -0.4 is 10.9 Å². The van der Waals surface area contributed by atoms with Crippen molar-refractivity contribution in [3.05, 3.63) is 64.6 Å². The number of H-pyrrole nitrogens is 1. The van der Waals surface area contributed by atoms with E-state index in [-0.39, 0.29) is 11.7 Å². The number of pyridine rings is 2. The molecule has 6 nitrogen and oxygen atoms in total. The van der Waals surface area contributed by atoms with Gasteiger partial charge in [0.05, 0.1) is 11.7 Å². The molecule has 0 aliphatic carbocycles. The van der Waals surface area contributed by atoms with Gasteiger partial charge in [0, 0.05) is 24.9 Å². The zero-order chi connectivity index (χ0) is 19.1. The number of nitrogens with zero attached hydrogens (tertiary/aromatic N) is 2. The molecule has 4 heterocycles. The van der Waals surface area contributed by atoms with Crippen LogP contribution in [0.4, 0.5) is 5.82 Å². The van der Waals surface area contributed by atoms with Gasteiger partial charge in [0.2, 0.25) is 0 Å². The molecule has 2 N–H and O–H groups in total. The Morgan fingerprint density at radius 2 is 2.21 bits per heavy atom. The molecule has 0 radical (unpaired) electrons. The third-order valence-corrected chi connectivity index (χ3v) is 5.31. The molecule has 1 aliphatic heterocycles.